The zero-order valence-electron chi connectivity index (χ0n) is 10.8. The molecule has 1 aromatic carbocycles. The number of anilines is 1. The maximum absolute atomic E-state index is 12.7. The van der Waals surface area contributed by atoms with Crippen LogP contribution in [-0.4, -0.2) is 25.8 Å². The van der Waals surface area contributed by atoms with Gasteiger partial charge in [-0.15, -0.1) is 0 Å². The molecule has 0 unspecified atom stereocenters. The van der Waals surface area contributed by atoms with Crippen LogP contribution in [0.15, 0.2) is 24.5 Å². The van der Waals surface area contributed by atoms with Crippen molar-refractivity contribution >= 4 is 11.7 Å². The van der Waals surface area contributed by atoms with Crippen molar-refractivity contribution in [3.8, 4) is 0 Å². The molecule has 9 heteroatoms. The van der Waals surface area contributed by atoms with E-state index in [2.05, 4.69) is 15.4 Å². The van der Waals surface area contributed by atoms with Gasteiger partial charge in [0, 0.05) is 12.7 Å². The topological polar surface area (TPSA) is 80.0 Å². The predicted octanol–water partition coefficient (Wildman–Crippen LogP) is 2.14. The smallest absolute Gasteiger partial charge is 0.417 e. The Morgan fingerprint density at radius 2 is 2.14 bits per heavy atom. The predicted molar refractivity (Wildman–Crippen MR) is 66.7 cm³/mol. The summed E-state index contributed by atoms with van der Waals surface area (Å²) >= 11 is 0. The Balaban J connectivity index is 2.22. The minimum Gasteiger partial charge on any atom is -0.478 e. The highest BCUT2D eigenvalue weighted by molar-refractivity contribution is 5.91. The van der Waals surface area contributed by atoms with Gasteiger partial charge >= 0.3 is 12.1 Å². The van der Waals surface area contributed by atoms with Gasteiger partial charge in [-0.25, -0.2) is 9.78 Å². The van der Waals surface area contributed by atoms with E-state index in [1.165, 1.54) is 11.0 Å². The number of carboxylic acid groups (broad SMARTS) is 1. The van der Waals surface area contributed by atoms with Gasteiger partial charge < -0.3 is 10.4 Å². The average Bonchev–Trinajstić information content (AvgIpc) is 2.80. The molecule has 112 valence electrons. The van der Waals surface area contributed by atoms with E-state index >= 15 is 0 Å². The van der Waals surface area contributed by atoms with Crippen LogP contribution in [0, 0.1) is 0 Å². The van der Waals surface area contributed by atoms with Crippen LogP contribution in [0.3, 0.4) is 0 Å². The Kier molecular flexibility index (Phi) is 3.83. The van der Waals surface area contributed by atoms with Crippen molar-refractivity contribution in [1.82, 2.24) is 14.8 Å². The molecule has 0 radical (unpaired) electrons. The highest BCUT2D eigenvalue weighted by Gasteiger charge is 2.35. The van der Waals surface area contributed by atoms with Crippen LogP contribution < -0.4 is 5.32 Å². The minimum atomic E-state index is -4.71. The minimum absolute atomic E-state index is 0.172. The summed E-state index contributed by atoms with van der Waals surface area (Å²) in [6.07, 6.45) is -3.23. The Morgan fingerprint density at radius 3 is 2.67 bits per heavy atom. The summed E-state index contributed by atoms with van der Waals surface area (Å²) in [5, 5.41) is 15.7. The second-order valence-corrected chi connectivity index (χ2v) is 4.25. The van der Waals surface area contributed by atoms with Crippen LogP contribution in [0.2, 0.25) is 0 Å². The molecule has 0 bridgehead atoms. The van der Waals surface area contributed by atoms with Gasteiger partial charge in [-0.3, -0.25) is 4.68 Å². The lowest BCUT2D eigenvalue weighted by molar-refractivity contribution is -0.138. The molecule has 1 aromatic heterocycles. The molecule has 0 aliphatic rings. The molecular formula is C12H11F3N4O2. The molecule has 0 amide bonds. The van der Waals surface area contributed by atoms with Crippen LogP contribution in [0.4, 0.5) is 18.9 Å². The third kappa shape index (κ3) is 3.50. The molecule has 21 heavy (non-hydrogen) atoms. The molecule has 1 heterocycles. The second-order valence-electron chi connectivity index (χ2n) is 4.25. The number of halogens is 3. The number of hydrogen-bond donors (Lipinski definition) is 2. The highest BCUT2D eigenvalue weighted by atomic mass is 19.4. The summed E-state index contributed by atoms with van der Waals surface area (Å²) in [5.74, 6) is -1.20. The summed E-state index contributed by atoms with van der Waals surface area (Å²) < 4.78 is 39.5. The van der Waals surface area contributed by atoms with Crippen molar-refractivity contribution in [2.75, 3.05) is 5.32 Å². The maximum Gasteiger partial charge on any atom is 0.417 e. The summed E-state index contributed by atoms with van der Waals surface area (Å²) in [7, 11) is 1.68. The maximum atomic E-state index is 12.7. The van der Waals surface area contributed by atoms with Gasteiger partial charge in [0.2, 0.25) is 0 Å². The first-order valence-electron chi connectivity index (χ1n) is 5.80. The molecule has 0 atom stereocenters. The Hall–Kier alpha value is -2.58. The van der Waals surface area contributed by atoms with Crippen LogP contribution in [0.1, 0.15) is 21.7 Å². The van der Waals surface area contributed by atoms with E-state index in [4.69, 9.17) is 5.11 Å². The molecule has 0 fully saturated rings. The molecule has 0 saturated heterocycles. The van der Waals surface area contributed by atoms with Crippen LogP contribution >= 0.6 is 0 Å². The normalized spacial score (nSPS) is 11.4. The van der Waals surface area contributed by atoms with Gasteiger partial charge in [0.15, 0.2) is 5.82 Å². The van der Waals surface area contributed by atoms with E-state index in [1.54, 1.807) is 7.05 Å². The standard InChI is InChI=1S/C12H11F3N4O2/c1-19-6-17-10(18-19)5-16-7-2-3-9(12(13,14)15)8(4-7)11(20)21/h2-4,6,16H,5H2,1H3,(H,20,21). The fourth-order valence-electron chi connectivity index (χ4n) is 1.72. The van der Waals surface area contributed by atoms with Gasteiger partial charge in [-0.05, 0) is 18.2 Å². The SMILES string of the molecule is Cn1cnc(CNc2ccc(C(F)(F)F)c(C(=O)O)c2)n1. The zero-order valence-corrected chi connectivity index (χ0v) is 10.8. The monoisotopic (exact) mass is 300 g/mol. The fraction of sp³-hybridized carbons (Fsp3) is 0.250. The Bertz CT molecular complexity index is 667. The van der Waals surface area contributed by atoms with Crippen LogP contribution in [-0.2, 0) is 19.8 Å². The fourth-order valence-corrected chi connectivity index (χ4v) is 1.72. The highest BCUT2D eigenvalue weighted by Crippen LogP contribution is 2.33. The van der Waals surface area contributed by atoms with Crippen molar-refractivity contribution in [3.63, 3.8) is 0 Å². The van der Waals surface area contributed by atoms with Gasteiger partial charge in [0.05, 0.1) is 17.7 Å². The largest absolute Gasteiger partial charge is 0.478 e. The number of nitrogens with zero attached hydrogens (tertiary/aromatic N) is 3. The summed E-state index contributed by atoms with van der Waals surface area (Å²) in [4.78, 5) is 14.9. The third-order valence-electron chi connectivity index (χ3n) is 2.65. The molecule has 0 saturated carbocycles. The van der Waals surface area contributed by atoms with Gasteiger partial charge in [0.1, 0.15) is 6.33 Å². The Labute approximate surface area is 117 Å². The van der Waals surface area contributed by atoms with E-state index in [-0.39, 0.29) is 12.2 Å². The van der Waals surface area contributed by atoms with Crippen molar-refractivity contribution < 1.29 is 23.1 Å². The van der Waals surface area contributed by atoms with Gasteiger partial charge in [-0.1, -0.05) is 0 Å². The first-order chi connectivity index (χ1) is 9.77. The lowest BCUT2D eigenvalue weighted by Crippen LogP contribution is -2.13. The van der Waals surface area contributed by atoms with E-state index in [9.17, 15) is 18.0 Å². The molecule has 0 aliphatic carbocycles. The molecule has 2 N–H and O–H groups in total. The molecular weight excluding hydrogens is 289 g/mol. The number of hydrogen-bond acceptors (Lipinski definition) is 4. The van der Waals surface area contributed by atoms with Crippen molar-refractivity contribution in [3.05, 3.63) is 41.5 Å². The summed E-state index contributed by atoms with van der Waals surface area (Å²) in [6, 6.07) is 2.84. The van der Waals surface area contributed by atoms with E-state index < -0.39 is 23.3 Å². The van der Waals surface area contributed by atoms with Crippen molar-refractivity contribution in [1.29, 1.82) is 0 Å². The lowest BCUT2D eigenvalue weighted by Gasteiger charge is -2.12. The number of alkyl halides is 3. The zero-order chi connectivity index (χ0) is 15.6. The van der Waals surface area contributed by atoms with Crippen molar-refractivity contribution in [2.24, 2.45) is 7.05 Å². The van der Waals surface area contributed by atoms with Crippen molar-refractivity contribution in [2.45, 2.75) is 12.7 Å². The number of aryl methyl sites for hydroxylation is 1. The number of carboxylic acids is 1. The van der Waals surface area contributed by atoms with Crippen LogP contribution in [0.5, 0.6) is 0 Å². The number of benzene rings is 1. The number of nitrogens with one attached hydrogen (secondary N) is 1. The van der Waals surface area contributed by atoms with Gasteiger partial charge in [0.25, 0.3) is 0 Å². The number of rotatable bonds is 4. The Morgan fingerprint density at radius 1 is 1.43 bits per heavy atom. The van der Waals surface area contributed by atoms with Gasteiger partial charge in [-0.2, -0.15) is 18.3 Å². The molecule has 6 nitrogen and oxygen atoms in total. The number of aromatic nitrogens is 3. The lowest BCUT2D eigenvalue weighted by atomic mass is 10.1. The molecule has 0 aliphatic heterocycles. The summed E-state index contributed by atoms with van der Waals surface area (Å²) in [6.45, 7) is 0.172. The van der Waals surface area contributed by atoms with E-state index in [0.717, 1.165) is 18.2 Å². The second kappa shape index (κ2) is 5.43. The average molecular weight is 300 g/mol. The quantitative estimate of drug-likeness (QED) is 0.904. The summed E-state index contributed by atoms with van der Waals surface area (Å²) in [5.41, 5.74) is -1.74. The first-order valence-corrected chi connectivity index (χ1v) is 5.80. The third-order valence-corrected chi connectivity index (χ3v) is 2.65. The number of aromatic carboxylic acids is 1. The van der Waals surface area contributed by atoms with E-state index in [1.807, 2.05) is 0 Å². The molecule has 2 rings (SSSR count). The molecule has 0 spiro atoms. The molecule has 2 aromatic rings. The van der Waals surface area contributed by atoms with Crippen LogP contribution in [0.25, 0.3) is 0 Å². The first kappa shape index (κ1) is 14.8. The van der Waals surface area contributed by atoms with E-state index in [0.29, 0.717) is 5.82 Å². The number of carbonyl (C=O) groups is 1.